The molecular weight excluding hydrogens is 298 g/mol. The van der Waals surface area contributed by atoms with Crippen LogP contribution in [0.2, 0.25) is 0 Å². The molecule has 1 aromatic heterocycles. The Hall–Kier alpha value is -0.590. The lowest BCUT2D eigenvalue weighted by atomic mass is 9.79. The summed E-state index contributed by atoms with van der Waals surface area (Å²) in [6.45, 7) is 7.24. The number of rotatable bonds is 4. The molecule has 1 aliphatic heterocycles. The van der Waals surface area contributed by atoms with E-state index >= 15 is 0 Å². The van der Waals surface area contributed by atoms with E-state index in [1.165, 1.54) is 0 Å². The first kappa shape index (κ1) is 15.8. The number of nitrogens with zero attached hydrogens (tertiary/aromatic N) is 2. The normalized spacial score (nSPS) is 20.2. The quantitative estimate of drug-likeness (QED) is 0.868. The number of hydrogen-bond donors (Lipinski definition) is 1. The van der Waals surface area contributed by atoms with Crippen molar-refractivity contribution in [3.8, 4) is 0 Å². The van der Waals surface area contributed by atoms with E-state index in [9.17, 15) is 8.42 Å². The van der Waals surface area contributed by atoms with Gasteiger partial charge in [-0.15, -0.1) is 11.6 Å². The topological polar surface area (TPSA) is 66.1 Å². The van der Waals surface area contributed by atoms with Crippen LogP contribution in [-0.4, -0.2) is 36.0 Å². The Kier molecular flexibility index (Phi) is 4.47. The van der Waals surface area contributed by atoms with Crippen molar-refractivity contribution >= 4 is 21.6 Å². The molecule has 0 saturated carbocycles. The third-order valence-electron chi connectivity index (χ3n) is 4.47. The fraction of sp³-hybridized carbons (Fsp3) is 0.769. The summed E-state index contributed by atoms with van der Waals surface area (Å²) < 4.78 is 27.1. The highest BCUT2D eigenvalue weighted by Crippen LogP contribution is 2.36. The van der Waals surface area contributed by atoms with Crippen LogP contribution in [0.15, 0.2) is 4.90 Å². The molecule has 0 bridgehead atoms. The van der Waals surface area contributed by atoms with E-state index in [-0.39, 0.29) is 16.2 Å². The number of hydrogen-bond acceptors (Lipinski definition) is 3. The zero-order valence-electron chi connectivity index (χ0n) is 12.2. The van der Waals surface area contributed by atoms with E-state index in [0.29, 0.717) is 24.5 Å². The van der Waals surface area contributed by atoms with Gasteiger partial charge >= 0.3 is 0 Å². The van der Waals surface area contributed by atoms with Crippen LogP contribution in [-0.2, 0) is 15.9 Å². The molecule has 1 N–H and O–H groups in total. The molecule has 0 aromatic carbocycles. The monoisotopic (exact) mass is 319 g/mol. The number of aromatic amines is 1. The Morgan fingerprint density at radius 3 is 2.50 bits per heavy atom. The van der Waals surface area contributed by atoms with Crippen molar-refractivity contribution in [1.29, 1.82) is 0 Å². The van der Waals surface area contributed by atoms with Gasteiger partial charge in [0, 0.05) is 13.1 Å². The first-order valence-electron chi connectivity index (χ1n) is 6.94. The summed E-state index contributed by atoms with van der Waals surface area (Å²) in [4.78, 5) is 0.257. The van der Waals surface area contributed by atoms with Gasteiger partial charge in [-0.05, 0) is 25.2 Å². The van der Waals surface area contributed by atoms with Crippen molar-refractivity contribution < 1.29 is 8.42 Å². The van der Waals surface area contributed by atoms with Gasteiger partial charge in [-0.3, -0.25) is 5.10 Å². The van der Waals surface area contributed by atoms with Gasteiger partial charge in [-0.1, -0.05) is 20.3 Å². The zero-order chi connectivity index (χ0) is 15.0. The minimum absolute atomic E-state index is 0.0966. The van der Waals surface area contributed by atoms with Crippen LogP contribution in [0, 0.1) is 12.3 Å². The summed E-state index contributed by atoms with van der Waals surface area (Å²) in [6, 6.07) is 0. The number of H-pyrrole nitrogens is 1. The predicted octanol–water partition coefficient (Wildman–Crippen LogP) is 2.66. The van der Waals surface area contributed by atoms with Gasteiger partial charge in [-0.2, -0.15) is 9.40 Å². The third kappa shape index (κ3) is 2.73. The van der Waals surface area contributed by atoms with E-state index < -0.39 is 10.0 Å². The second kappa shape index (κ2) is 5.66. The Labute approximate surface area is 125 Å². The van der Waals surface area contributed by atoms with Crippen molar-refractivity contribution in [2.45, 2.75) is 50.8 Å². The molecule has 0 aliphatic carbocycles. The maximum absolute atomic E-state index is 12.8. The van der Waals surface area contributed by atoms with Gasteiger partial charge in [0.05, 0.1) is 17.3 Å². The summed E-state index contributed by atoms with van der Waals surface area (Å²) in [5.74, 6) is 0.0966. The number of piperidine rings is 1. The molecule has 1 fully saturated rings. The number of alkyl halides is 1. The van der Waals surface area contributed by atoms with E-state index in [1.807, 2.05) is 0 Å². The zero-order valence-corrected chi connectivity index (χ0v) is 13.8. The second-order valence-electron chi connectivity index (χ2n) is 5.83. The van der Waals surface area contributed by atoms with Gasteiger partial charge in [0.25, 0.3) is 0 Å². The SMILES string of the molecule is CCC1(C)CCN(S(=O)(=O)c2c(CCl)n[nH]c2C)CC1. The van der Waals surface area contributed by atoms with Crippen LogP contribution in [0.25, 0.3) is 0 Å². The van der Waals surface area contributed by atoms with Gasteiger partial charge in [-0.25, -0.2) is 8.42 Å². The van der Waals surface area contributed by atoms with Crippen LogP contribution in [0.1, 0.15) is 44.5 Å². The minimum Gasteiger partial charge on any atom is -0.281 e. The fourth-order valence-electron chi connectivity index (χ4n) is 2.65. The van der Waals surface area contributed by atoms with E-state index in [4.69, 9.17) is 11.6 Å². The molecule has 1 aromatic rings. The highest BCUT2D eigenvalue weighted by atomic mass is 35.5. The average molecular weight is 320 g/mol. The Bertz CT molecular complexity index is 574. The maximum Gasteiger partial charge on any atom is 0.246 e. The predicted molar refractivity (Wildman–Crippen MR) is 79.3 cm³/mol. The fourth-order valence-corrected chi connectivity index (χ4v) is 4.69. The van der Waals surface area contributed by atoms with Crippen LogP contribution >= 0.6 is 11.6 Å². The maximum atomic E-state index is 12.8. The summed E-state index contributed by atoms with van der Waals surface area (Å²) in [7, 11) is -3.50. The molecule has 2 heterocycles. The number of aromatic nitrogens is 2. The van der Waals surface area contributed by atoms with Gasteiger partial charge in [0.1, 0.15) is 4.90 Å². The van der Waals surface area contributed by atoms with Crippen molar-refractivity contribution in [3.05, 3.63) is 11.4 Å². The van der Waals surface area contributed by atoms with Crippen molar-refractivity contribution in [2.75, 3.05) is 13.1 Å². The molecule has 0 amide bonds. The minimum atomic E-state index is -3.50. The standard InChI is InChI=1S/C13H22ClN3O2S/c1-4-13(3)5-7-17(8-6-13)20(18,19)12-10(2)15-16-11(12)9-14/h4-9H2,1-3H3,(H,15,16). The largest absolute Gasteiger partial charge is 0.281 e. The van der Waals surface area contributed by atoms with Crippen molar-refractivity contribution in [1.82, 2.24) is 14.5 Å². The van der Waals surface area contributed by atoms with Crippen molar-refractivity contribution in [3.63, 3.8) is 0 Å². The van der Waals surface area contributed by atoms with Gasteiger partial charge in [0.2, 0.25) is 10.0 Å². The first-order valence-corrected chi connectivity index (χ1v) is 8.91. The summed E-state index contributed by atoms with van der Waals surface area (Å²) in [6.07, 6.45) is 2.88. The lowest BCUT2D eigenvalue weighted by Gasteiger charge is -2.38. The lowest BCUT2D eigenvalue weighted by molar-refractivity contribution is 0.169. The molecule has 0 radical (unpaired) electrons. The molecule has 114 valence electrons. The molecule has 2 rings (SSSR count). The second-order valence-corrected chi connectivity index (χ2v) is 7.97. The molecule has 1 saturated heterocycles. The Balaban J connectivity index is 2.26. The summed E-state index contributed by atoms with van der Waals surface area (Å²) in [5.41, 5.74) is 1.23. The van der Waals surface area contributed by atoms with Crippen LogP contribution in [0.3, 0.4) is 0 Å². The van der Waals surface area contributed by atoms with Crippen LogP contribution in [0.5, 0.6) is 0 Å². The third-order valence-corrected chi connectivity index (χ3v) is 6.82. The summed E-state index contributed by atoms with van der Waals surface area (Å²) >= 11 is 5.79. The molecule has 1 aliphatic rings. The smallest absolute Gasteiger partial charge is 0.246 e. The number of nitrogens with one attached hydrogen (secondary N) is 1. The van der Waals surface area contributed by atoms with Crippen molar-refractivity contribution in [2.24, 2.45) is 5.41 Å². The molecule has 0 unspecified atom stereocenters. The number of aryl methyl sites for hydroxylation is 1. The average Bonchev–Trinajstić information content (AvgIpc) is 2.81. The highest BCUT2D eigenvalue weighted by molar-refractivity contribution is 7.89. The van der Waals surface area contributed by atoms with E-state index in [0.717, 1.165) is 19.3 Å². The van der Waals surface area contributed by atoms with Gasteiger partial charge < -0.3 is 0 Å². The molecule has 0 spiro atoms. The Morgan fingerprint density at radius 2 is 2.00 bits per heavy atom. The lowest BCUT2D eigenvalue weighted by Crippen LogP contribution is -2.42. The molecule has 0 atom stereocenters. The molecular formula is C13H22ClN3O2S. The van der Waals surface area contributed by atoms with Crippen LogP contribution in [0.4, 0.5) is 0 Å². The summed E-state index contributed by atoms with van der Waals surface area (Å²) in [5, 5.41) is 6.70. The van der Waals surface area contributed by atoms with Crippen LogP contribution < -0.4 is 0 Å². The highest BCUT2D eigenvalue weighted by Gasteiger charge is 2.36. The van der Waals surface area contributed by atoms with E-state index in [1.54, 1.807) is 11.2 Å². The first-order chi connectivity index (χ1) is 9.34. The van der Waals surface area contributed by atoms with E-state index in [2.05, 4.69) is 24.0 Å². The molecule has 5 nitrogen and oxygen atoms in total. The molecule has 20 heavy (non-hydrogen) atoms. The van der Waals surface area contributed by atoms with Gasteiger partial charge in [0.15, 0.2) is 0 Å². The number of halogens is 1. The number of sulfonamides is 1. The molecule has 7 heteroatoms. The Morgan fingerprint density at radius 1 is 1.40 bits per heavy atom.